The molecule has 0 unspecified atom stereocenters. The topological polar surface area (TPSA) is 57.5 Å². The first-order valence-electron chi connectivity index (χ1n) is 3.86. The molecule has 1 aliphatic carbocycles. The lowest BCUT2D eigenvalue weighted by atomic mass is 10.0. The molecule has 0 aromatic rings. The average molecular weight is 186 g/mol. The largest absolute Gasteiger partial charge is 0.400 e. The van der Waals surface area contributed by atoms with Crippen LogP contribution < -0.4 is 0 Å². The van der Waals surface area contributed by atoms with Crippen LogP contribution in [-0.4, -0.2) is 9.79 Å². The van der Waals surface area contributed by atoms with Crippen LogP contribution in [0.2, 0.25) is 0 Å². The van der Waals surface area contributed by atoms with Crippen molar-refractivity contribution in [2.24, 2.45) is 0 Å². The summed E-state index contributed by atoms with van der Waals surface area (Å²) in [4.78, 5) is 16.9. The van der Waals surface area contributed by atoms with Crippen molar-refractivity contribution in [3.63, 3.8) is 0 Å². The molecule has 0 saturated carbocycles. The van der Waals surface area contributed by atoms with Gasteiger partial charge >= 0.3 is 7.60 Å². The Kier molecular flexibility index (Phi) is 3.11. The highest BCUT2D eigenvalue weighted by atomic mass is 31.2. The monoisotopic (exact) mass is 186 g/mol. The van der Waals surface area contributed by atoms with Gasteiger partial charge in [0.25, 0.3) is 0 Å². The van der Waals surface area contributed by atoms with E-state index in [0.29, 0.717) is 0 Å². The van der Waals surface area contributed by atoms with E-state index in [1.807, 2.05) is 11.7 Å². The van der Waals surface area contributed by atoms with Gasteiger partial charge in [-0.15, -0.1) is 0 Å². The summed E-state index contributed by atoms with van der Waals surface area (Å²) in [5.41, 5.74) is 2.81. The molecule has 0 atom stereocenters. The van der Waals surface area contributed by atoms with Crippen LogP contribution in [0, 0.1) is 11.6 Å². The van der Waals surface area contributed by atoms with E-state index in [1.54, 1.807) is 0 Å². The van der Waals surface area contributed by atoms with Crippen molar-refractivity contribution < 1.29 is 14.4 Å². The van der Waals surface area contributed by atoms with Crippen LogP contribution in [0.3, 0.4) is 0 Å². The zero-order chi connectivity index (χ0) is 9.03. The van der Waals surface area contributed by atoms with Crippen LogP contribution in [0.1, 0.15) is 25.7 Å². The number of rotatable bonds is 0. The van der Waals surface area contributed by atoms with Crippen molar-refractivity contribution in [1.29, 1.82) is 0 Å². The Morgan fingerprint density at radius 2 is 2.17 bits per heavy atom. The van der Waals surface area contributed by atoms with Gasteiger partial charge in [-0.25, -0.2) is 4.57 Å². The second kappa shape index (κ2) is 3.91. The second-order valence-electron chi connectivity index (χ2n) is 2.76. The highest BCUT2D eigenvalue weighted by molar-refractivity contribution is 7.57. The van der Waals surface area contributed by atoms with Crippen LogP contribution in [0.5, 0.6) is 0 Å². The minimum absolute atomic E-state index is 0.854. The minimum atomic E-state index is -4.13. The van der Waals surface area contributed by atoms with E-state index >= 15 is 0 Å². The lowest BCUT2D eigenvalue weighted by molar-refractivity contribution is 0.388. The number of allylic oxidation sites excluding steroid dienone is 2. The highest BCUT2D eigenvalue weighted by Gasteiger charge is 2.06. The van der Waals surface area contributed by atoms with Crippen LogP contribution >= 0.6 is 7.60 Å². The predicted octanol–water partition coefficient (Wildman–Crippen LogP) is 1.63. The molecule has 4 heteroatoms. The van der Waals surface area contributed by atoms with Crippen molar-refractivity contribution >= 4 is 7.60 Å². The molecule has 1 rings (SSSR count). The SMILES string of the molecule is O=P(O)(O)C#CC1=CCCCC1. The minimum Gasteiger partial charge on any atom is -0.315 e. The second-order valence-corrected chi connectivity index (χ2v) is 4.07. The Morgan fingerprint density at radius 1 is 1.42 bits per heavy atom. The van der Waals surface area contributed by atoms with Crippen LogP contribution in [0.25, 0.3) is 0 Å². The Bertz CT molecular complexity index is 289. The fraction of sp³-hybridized carbons (Fsp3) is 0.500. The number of hydrogen-bond acceptors (Lipinski definition) is 1. The van der Waals surface area contributed by atoms with Crippen molar-refractivity contribution in [3.05, 3.63) is 11.6 Å². The summed E-state index contributed by atoms with van der Waals surface area (Å²) < 4.78 is 10.4. The summed E-state index contributed by atoms with van der Waals surface area (Å²) in [5, 5.41) is 0. The maximum atomic E-state index is 10.4. The first kappa shape index (κ1) is 9.54. The van der Waals surface area contributed by atoms with Gasteiger partial charge in [0.2, 0.25) is 0 Å². The van der Waals surface area contributed by atoms with Gasteiger partial charge in [-0.2, -0.15) is 0 Å². The van der Waals surface area contributed by atoms with E-state index in [4.69, 9.17) is 9.79 Å². The van der Waals surface area contributed by atoms with Gasteiger partial charge in [-0.1, -0.05) is 12.0 Å². The van der Waals surface area contributed by atoms with Gasteiger partial charge in [0.1, 0.15) is 0 Å². The Labute approximate surface area is 71.6 Å². The first-order valence-corrected chi connectivity index (χ1v) is 5.47. The molecule has 1 aliphatic rings. The van der Waals surface area contributed by atoms with Gasteiger partial charge in [0, 0.05) is 5.66 Å². The molecule has 0 aliphatic heterocycles. The molecule has 0 saturated heterocycles. The van der Waals surface area contributed by atoms with Crippen molar-refractivity contribution in [3.8, 4) is 11.6 Å². The van der Waals surface area contributed by atoms with Gasteiger partial charge < -0.3 is 9.79 Å². The lowest BCUT2D eigenvalue weighted by Crippen LogP contribution is -1.88. The molecule has 0 radical (unpaired) electrons. The van der Waals surface area contributed by atoms with Gasteiger partial charge in [0.15, 0.2) is 0 Å². The van der Waals surface area contributed by atoms with Crippen LogP contribution in [-0.2, 0) is 4.57 Å². The predicted molar refractivity (Wildman–Crippen MR) is 46.4 cm³/mol. The van der Waals surface area contributed by atoms with E-state index in [1.165, 1.54) is 0 Å². The highest BCUT2D eigenvalue weighted by Crippen LogP contribution is 2.32. The molecule has 0 spiro atoms. The van der Waals surface area contributed by atoms with Crippen LogP contribution in [0.4, 0.5) is 0 Å². The molecular weight excluding hydrogens is 175 g/mol. The molecular formula is C8H11O3P. The summed E-state index contributed by atoms with van der Waals surface area (Å²) in [7, 11) is -4.13. The first-order chi connectivity index (χ1) is 5.58. The van der Waals surface area contributed by atoms with Gasteiger partial charge in [-0.3, -0.25) is 0 Å². The maximum absolute atomic E-state index is 10.4. The zero-order valence-electron chi connectivity index (χ0n) is 6.66. The number of hydrogen-bond donors (Lipinski definition) is 2. The summed E-state index contributed by atoms with van der Waals surface area (Å²) in [6.45, 7) is 0. The van der Waals surface area contributed by atoms with E-state index in [9.17, 15) is 4.57 Å². The van der Waals surface area contributed by atoms with Crippen LogP contribution in [0.15, 0.2) is 11.6 Å². The molecule has 0 heterocycles. The fourth-order valence-corrected chi connectivity index (χ4v) is 1.39. The van der Waals surface area contributed by atoms with Gasteiger partial charge in [-0.05, 0) is 31.3 Å². The third kappa shape index (κ3) is 3.73. The van der Waals surface area contributed by atoms with E-state index in [0.717, 1.165) is 31.3 Å². The Balaban J connectivity index is 2.65. The smallest absolute Gasteiger partial charge is 0.315 e. The third-order valence-corrected chi connectivity index (χ3v) is 2.06. The third-order valence-electron chi connectivity index (χ3n) is 1.65. The van der Waals surface area contributed by atoms with E-state index < -0.39 is 7.60 Å². The van der Waals surface area contributed by atoms with Crippen molar-refractivity contribution in [2.75, 3.05) is 0 Å². The normalized spacial score (nSPS) is 17.7. The summed E-state index contributed by atoms with van der Waals surface area (Å²) in [6, 6.07) is 0. The molecule has 12 heavy (non-hydrogen) atoms. The summed E-state index contributed by atoms with van der Waals surface area (Å²) in [5.74, 6) is 2.51. The maximum Gasteiger partial charge on any atom is 0.400 e. The molecule has 0 aromatic carbocycles. The zero-order valence-corrected chi connectivity index (χ0v) is 7.55. The molecule has 0 bridgehead atoms. The Morgan fingerprint density at radius 3 is 2.67 bits per heavy atom. The molecule has 2 N–H and O–H groups in total. The van der Waals surface area contributed by atoms with Crippen molar-refractivity contribution in [1.82, 2.24) is 0 Å². The van der Waals surface area contributed by atoms with Crippen molar-refractivity contribution in [2.45, 2.75) is 25.7 Å². The molecule has 0 aromatic heterocycles. The van der Waals surface area contributed by atoms with E-state index in [2.05, 4.69) is 5.92 Å². The average Bonchev–Trinajstić information content (AvgIpc) is 2.02. The molecule has 3 nitrogen and oxygen atoms in total. The quantitative estimate of drug-likeness (QED) is 0.446. The van der Waals surface area contributed by atoms with Gasteiger partial charge in [0.05, 0.1) is 0 Å². The molecule has 66 valence electrons. The standard InChI is InChI=1S/C8H11O3P/c9-12(10,11)7-6-8-4-2-1-3-5-8/h4H,1-3,5H2,(H2,9,10,11). The Hall–Kier alpha value is -0.550. The lowest BCUT2D eigenvalue weighted by Gasteiger charge is -2.05. The molecule has 0 amide bonds. The summed E-state index contributed by atoms with van der Waals surface area (Å²) >= 11 is 0. The summed E-state index contributed by atoms with van der Waals surface area (Å²) in [6.07, 6.45) is 6.01. The fourth-order valence-electron chi connectivity index (χ4n) is 1.10. The molecule has 0 fully saturated rings. The van der Waals surface area contributed by atoms with E-state index in [-0.39, 0.29) is 0 Å².